The summed E-state index contributed by atoms with van der Waals surface area (Å²) in [6, 6.07) is 0. The first-order valence-electron chi connectivity index (χ1n) is 7.91. The third kappa shape index (κ3) is 8.83. The molecule has 1 saturated carbocycles. The Kier molecular flexibility index (Phi) is 12.2. The predicted octanol–water partition coefficient (Wildman–Crippen LogP) is 2.09. The van der Waals surface area contributed by atoms with E-state index in [0.29, 0.717) is 18.6 Å². The van der Waals surface area contributed by atoms with Crippen LogP contribution >= 0.6 is 0 Å². The molecule has 0 heterocycles. The highest BCUT2D eigenvalue weighted by Crippen LogP contribution is 2.35. The van der Waals surface area contributed by atoms with Crippen LogP contribution in [0.4, 0.5) is 0 Å². The van der Waals surface area contributed by atoms with Crippen LogP contribution in [0.1, 0.15) is 58.3 Å². The summed E-state index contributed by atoms with van der Waals surface area (Å²) < 4.78 is 4.69. The molecule has 0 aromatic carbocycles. The number of rotatable bonds is 8. The second kappa shape index (κ2) is 12.8. The normalized spacial score (nSPS) is 20.9. The zero-order chi connectivity index (χ0) is 16.1. The molecule has 0 amide bonds. The second-order valence-corrected chi connectivity index (χ2v) is 5.45. The third-order valence-electron chi connectivity index (χ3n) is 3.87. The SMILES string of the molecule is CCCCCC[C@@H]1C(=O)CC[C@H]1CC(=O)OC.OCCO. The van der Waals surface area contributed by atoms with Crippen molar-refractivity contribution < 1.29 is 24.5 Å². The first-order valence-corrected chi connectivity index (χ1v) is 7.91. The molecule has 0 aliphatic heterocycles. The number of esters is 1. The smallest absolute Gasteiger partial charge is 0.305 e. The quantitative estimate of drug-likeness (QED) is 0.530. The van der Waals surface area contributed by atoms with Crippen molar-refractivity contribution in [2.75, 3.05) is 20.3 Å². The number of carbonyl (C=O) groups is 2. The molecule has 1 aliphatic rings. The Morgan fingerprint density at radius 2 is 1.90 bits per heavy atom. The molecular weight excluding hydrogens is 272 g/mol. The molecule has 0 saturated heterocycles. The maximum Gasteiger partial charge on any atom is 0.305 e. The van der Waals surface area contributed by atoms with Gasteiger partial charge in [-0.15, -0.1) is 0 Å². The van der Waals surface area contributed by atoms with Crippen molar-refractivity contribution in [1.82, 2.24) is 0 Å². The van der Waals surface area contributed by atoms with Crippen LogP contribution in [0.5, 0.6) is 0 Å². The van der Waals surface area contributed by atoms with Crippen molar-refractivity contribution in [1.29, 1.82) is 0 Å². The molecule has 0 aromatic heterocycles. The number of ketones is 1. The van der Waals surface area contributed by atoms with Crippen molar-refractivity contribution in [3.8, 4) is 0 Å². The molecule has 21 heavy (non-hydrogen) atoms. The van der Waals surface area contributed by atoms with E-state index in [9.17, 15) is 9.59 Å². The lowest BCUT2D eigenvalue weighted by Gasteiger charge is -2.16. The van der Waals surface area contributed by atoms with Gasteiger partial charge in [-0.1, -0.05) is 32.6 Å². The van der Waals surface area contributed by atoms with Gasteiger partial charge in [0.05, 0.1) is 20.3 Å². The minimum Gasteiger partial charge on any atom is -0.469 e. The maximum atomic E-state index is 11.8. The fourth-order valence-corrected chi connectivity index (χ4v) is 2.71. The maximum absolute atomic E-state index is 11.8. The Morgan fingerprint density at radius 1 is 1.24 bits per heavy atom. The monoisotopic (exact) mass is 302 g/mol. The highest BCUT2D eigenvalue weighted by Gasteiger charge is 2.35. The first kappa shape index (κ1) is 20.1. The number of hydrogen-bond acceptors (Lipinski definition) is 5. The van der Waals surface area contributed by atoms with Crippen LogP contribution in [0.2, 0.25) is 0 Å². The molecule has 1 rings (SSSR count). The Labute approximate surface area is 127 Å². The lowest BCUT2D eigenvalue weighted by atomic mass is 9.88. The van der Waals surface area contributed by atoms with E-state index in [-0.39, 0.29) is 31.0 Å². The minimum absolute atomic E-state index is 0.117. The minimum atomic E-state index is -0.178. The van der Waals surface area contributed by atoms with Crippen LogP contribution in [0.25, 0.3) is 0 Å². The summed E-state index contributed by atoms with van der Waals surface area (Å²) in [6.45, 7) is 1.93. The molecule has 124 valence electrons. The van der Waals surface area contributed by atoms with E-state index in [2.05, 4.69) is 11.7 Å². The number of aliphatic hydroxyl groups is 2. The zero-order valence-corrected chi connectivity index (χ0v) is 13.3. The lowest BCUT2D eigenvalue weighted by molar-refractivity contribution is -0.142. The van der Waals surface area contributed by atoms with Gasteiger partial charge in [0.1, 0.15) is 5.78 Å². The number of carbonyl (C=O) groups excluding carboxylic acids is 2. The molecule has 5 nitrogen and oxygen atoms in total. The average Bonchev–Trinajstić information content (AvgIpc) is 2.84. The van der Waals surface area contributed by atoms with Crippen LogP contribution in [0.15, 0.2) is 0 Å². The largest absolute Gasteiger partial charge is 0.469 e. The average molecular weight is 302 g/mol. The number of unbranched alkanes of at least 4 members (excludes halogenated alkanes) is 3. The van der Waals surface area contributed by atoms with Crippen LogP contribution < -0.4 is 0 Å². The summed E-state index contributed by atoms with van der Waals surface area (Å²) in [6.07, 6.45) is 7.66. The van der Waals surface area contributed by atoms with E-state index in [4.69, 9.17) is 10.2 Å². The van der Waals surface area contributed by atoms with Gasteiger partial charge in [0.25, 0.3) is 0 Å². The molecule has 0 bridgehead atoms. The Hall–Kier alpha value is -0.940. The van der Waals surface area contributed by atoms with Crippen LogP contribution in [-0.4, -0.2) is 42.3 Å². The van der Waals surface area contributed by atoms with Crippen LogP contribution in [0, 0.1) is 11.8 Å². The van der Waals surface area contributed by atoms with Crippen molar-refractivity contribution >= 4 is 11.8 Å². The number of Topliss-reactive ketones (excluding diaryl/α,β-unsaturated/α-hetero) is 1. The van der Waals surface area contributed by atoms with Gasteiger partial charge in [0.2, 0.25) is 0 Å². The van der Waals surface area contributed by atoms with Gasteiger partial charge < -0.3 is 14.9 Å². The Balaban J connectivity index is 0.000000885. The highest BCUT2D eigenvalue weighted by molar-refractivity contribution is 5.84. The van der Waals surface area contributed by atoms with Gasteiger partial charge in [-0.25, -0.2) is 0 Å². The molecule has 2 N–H and O–H groups in total. The van der Waals surface area contributed by atoms with Crippen molar-refractivity contribution in [2.24, 2.45) is 11.8 Å². The van der Waals surface area contributed by atoms with Gasteiger partial charge in [-0.05, 0) is 18.8 Å². The Bertz CT molecular complexity index is 288. The summed E-state index contributed by atoms with van der Waals surface area (Å²) in [5.74, 6) is 0.529. The molecular formula is C16H30O5. The molecule has 1 aliphatic carbocycles. The first-order chi connectivity index (χ1) is 10.1. The number of aliphatic hydroxyl groups excluding tert-OH is 2. The molecule has 5 heteroatoms. The van der Waals surface area contributed by atoms with Crippen molar-refractivity contribution in [3.63, 3.8) is 0 Å². The van der Waals surface area contributed by atoms with E-state index in [1.807, 2.05) is 0 Å². The summed E-state index contributed by atoms with van der Waals surface area (Å²) in [5.41, 5.74) is 0. The molecule has 0 unspecified atom stereocenters. The van der Waals surface area contributed by atoms with E-state index in [0.717, 1.165) is 19.3 Å². The number of ether oxygens (including phenoxy) is 1. The van der Waals surface area contributed by atoms with E-state index >= 15 is 0 Å². The highest BCUT2D eigenvalue weighted by atomic mass is 16.5. The van der Waals surface area contributed by atoms with Crippen LogP contribution in [0.3, 0.4) is 0 Å². The lowest BCUT2D eigenvalue weighted by Crippen LogP contribution is -2.18. The van der Waals surface area contributed by atoms with E-state index in [1.165, 1.54) is 26.4 Å². The second-order valence-electron chi connectivity index (χ2n) is 5.45. The summed E-state index contributed by atoms with van der Waals surface area (Å²) >= 11 is 0. The van der Waals surface area contributed by atoms with E-state index in [1.54, 1.807) is 0 Å². The molecule has 2 atom stereocenters. The summed E-state index contributed by atoms with van der Waals surface area (Å²) in [7, 11) is 1.41. The fraction of sp³-hybridized carbons (Fsp3) is 0.875. The van der Waals surface area contributed by atoms with Gasteiger partial charge in [-0.2, -0.15) is 0 Å². The molecule has 1 fully saturated rings. The number of methoxy groups -OCH3 is 1. The van der Waals surface area contributed by atoms with Crippen molar-refractivity contribution in [3.05, 3.63) is 0 Å². The van der Waals surface area contributed by atoms with Gasteiger partial charge in [-0.3, -0.25) is 9.59 Å². The predicted molar refractivity (Wildman–Crippen MR) is 80.8 cm³/mol. The zero-order valence-electron chi connectivity index (χ0n) is 13.3. The van der Waals surface area contributed by atoms with Crippen molar-refractivity contribution in [2.45, 2.75) is 58.3 Å². The van der Waals surface area contributed by atoms with Gasteiger partial charge >= 0.3 is 5.97 Å². The molecule has 0 spiro atoms. The van der Waals surface area contributed by atoms with E-state index < -0.39 is 0 Å². The molecule has 0 radical (unpaired) electrons. The fourth-order valence-electron chi connectivity index (χ4n) is 2.71. The van der Waals surface area contributed by atoms with Crippen LogP contribution in [-0.2, 0) is 14.3 Å². The Morgan fingerprint density at radius 3 is 2.43 bits per heavy atom. The third-order valence-corrected chi connectivity index (χ3v) is 3.87. The van der Waals surface area contributed by atoms with Gasteiger partial charge in [0.15, 0.2) is 0 Å². The number of hydrogen-bond donors (Lipinski definition) is 2. The standard InChI is InChI=1S/C14H24O3.C2H6O2/c1-3-4-5-6-7-12-11(8-9-13(12)15)10-14(16)17-2;3-1-2-4/h11-12H,3-10H2,1-2H3;3-4H,1-2H2/t11-,12-;/m0./s1. The molecule has 0 aromatic rings. The van der Waals surface area contributed by atoms with Gasteiger partial charge in [0, 0.05) is 18.8 Å². The summed E-state index contributed by atoms with van der Waals surface area (Å²) in [5, 5.41) is 15.2. The summed E-state index contributed by atoms with van der Waals surface area (Å²) in [4.78, 5) is 23.0. The topological polar surface area (TPSA) is 83.8 Å².